The molecule has 0 radical (unpaired) electrons. The lowest BCUT2D eigenvalue weighted by Gasteiger charge is -2.31. The van der Waals surface area contributed by atoms with Crippen LogP contribution in [0.15, 0.2) is 17.5 Å². The molecule has 76 valence electrons. The quantitative estimate of drug-likeness (QED) is 0.706. The first-order chi connectivity index (χ1) is 6.76. The van der Waals surface area contributed by atoms with Gasteiger partial charge >= 0.3 is 6.04 Å². The molecule has 4 heteroatoms. The summed E-state index contributed by atoms with van der Waals surface area (Å²) >= 11 is 1.44. The maximum atomic E-state index is 13.1. The Bertz CT molecular complexity index is 315. The normalized spacial score (nSPS) is 20.6. The van der Waals surface area contributed by atoms with Gasteiger partial charge in [0, 0.05) is 18.1 Å². The molecule has 0 atom stereocenters. The van der Waals surface area contributed by atoms with Crippen LogP contribution in [-0.4, -0.2) is 19.3 Å². The van der Waals surface area contributed by atoms with Crippen molar-refractivity contribution >= 4 is 17.4 Å². The Kier molecular flexibility index (Phi) is 2.65. The third-order valence-electron chi connectivity index (χ3n) is 2.72. The van der Waals surface area contributed by atoms with Gasteiger partial charge in [0.25, 0.3) is 0 Å². The van der Waals surface area contributed by atoms with Gasteiger partial charge in [0.05, 0.1) is 5.41 Å². The molecule has 0 unspecified atom stereocenters. The Morgan fingerprint density at radius 1 is 1.50 bits per heavy atom. The summed E-state index contributed by atoms with van der Waals surface area (Å²) in [6.45, 7) is 0.932. The molecule has 1 fully saturated rings. The number of rotatable bonds is 2. The minimum absolute atomic E-state index is 0.461. The fraction of sp³-hybridized carbons (Fsp3) is 0.500. The Morgan fingerprint density at radius 3 is 2.71 bits per heavy atom. The van der Waals surface area contributed by atoms with Crippen LogP contribution in [0, 0.1) is 0 Å². The highest BCUT2D eigenvalue weighted by molar-refractivity contribution is 7.10. The summed E-state index contributed by atoms with van der Waals surface area (Å²) in [7, 11) is 0. The average molecular weight is 214 g/mol. The van der Waals surface area contributed by atoms with E-state index in [1.807, 2.05) is 17.5 Å². The highest BCUT2D eigenvalue weighted by Gasteiger charge is 2.42. The summed E-state index contributed by atoms with van der Waals surface area (Å²) in [5.41, 5.74) is -0.910. The monoisotopic (exact) mass is 214 g/mol. The number of hydrogen-bond acceptors (Lipinski definition) is 3. The molecule has 1 aromatic rings. The van der Waals surface area contributed by atoms with Gasteiger partial charge in [0.2, 0.25) is 0 Å². The molecule has 0 aromatic carbocycles. The summed E-state index contributed by atoms with van der Waals surface area (Å²) in [5.74, 6) is 0. The number of thiophene rings is 1. The van der Waals surface area contributed by atoms with Crippen LogP contribution < -0.4 is 0 Å². The lowest BCUT2D eigenvalue weighted by Crippen LogP contribution is -2.38. The first-order valence-electron chi connectivity index (χ1n) is 4.57. The summed E-state index contributed by atoms with van der Waals surface area (Å²) in [6, 6.07) is 2.46. The maximum Gasteiger partial charge on any atom is 0.312 e. The lowest BCUT2D eigenvalue weighted by atomic mass is 9.79. The van der Waals surface area contributed by atoms with E-state index in [4.69, 9.17) is 4.74 Å². The van der Waals surface area contributed by atoms with Crippen LogP contribution in [0.3, 0.4) is 0 Å². The maximum absolute atomic E-state index is 13.1. The van der Waals surface area contributed by atoms with Crippen molar-refractivity contribution < 1.29 is 13.9 Å². The molecule has 1 aromatic heterocycles. The van der Waals surface area contributed by atoms with E-state index in [2.05, 4.69) is 0 Å². The molecule has 14 heavy (non-hydrogen) atoms. The second kappa shape index (κ2) is 3.79. The fourth-order valence-electron chi connectivity index (χ4n) is 1.81. The molecule has 2 heterocycles. The van der Waals surface area contributed by atoms with Crippen LogP contribution in [0.5, 0.6) is 0 Å². The Labute approximate surface area is 85.7 Å². The summed E-state index contributed by atoms with van der Waals surface area (Å²) < 4.78 is 18.3. The van der Waals surface area contributed by atoms with Gasteiger partial charge in [-0.3, -0.25) is 4.79 Å². The molecule has 2 rings (SSSR count). The first kappa shape index (κ1) is 9.80. The number of hydrogen-bond donors (Lipinski definition) is 0. The molecule has 2 nitrogen and oxygen atoms in total. The van der Waals surface area contributed by atoms with Gasteiger partial charge in [0.1, 0.15) is 0 Å². The molecule has 0 saturated carbocycles. The van der Waals surface area contributed by atoms with Crippen molar-refractivity contribution in [3.63, 3.8) is 0 Å². The van der Waals surface area contributed by atoms with Gasteiger partial charge in [-0.25, -0.2) is 0 Å². The molecule has 0 aliphatic carbocycles. The van der Waals surface area contributed by atoms with Crippen molar-refractivity contribution in [2.75, 3.05) is 13.2 Å². The minimum atomic E-state index is -1.22. The topological polar surface area (TPSA) is 26.3 Å². The van der Waals surface area contributed by atoms with Crippen molar-refractivity contribution in [2.24, 2.45) is 0 Å². The smallest absolute Gasteiger partial charge is 0.312 e. The molecular weight excluding hydrogens is 203 g/mol. The van der Waals surface area contributed by atoms with Crippen LogP contribution in [0.1, 0.15) is 17.7 Å². The van der Waals surface area contributed by atoms with Gasteiger partial charge in [-0.2, -0.15) is 4.39 Å². The number of carbonyl (C=O) groups excluding carboxylic acids is 1. The molecule has 1 saturated heterocycles. The van der Waals surface area contributed by atoms with Crippen molar-refractivity contribution in [1.29, 1.82) is 0 Å². The van der Waals surface area contributed by atoms with Crippen molar-refractivity contribution in [3.05, 3.63) is 22.4 Å². The molecular formula is C10H11FO2S. The second-order valence-corrected chi connectivity index (χ2v) is 4.39. The van der Waals surface area contributed by atoms with Crippen LogP contribution in [-0.2, 0) is 14.9 Å². The zero-order valence-electron chi connectivity index (χ0n) is 7.66. The highest BCUT2D eigenvalue weighted by Crippen LogP contribution is 2.38. The van der Waals surface area contributed by atoms with Gasteiger partial charge < -0.3 is 4.74 Å². The molecule has 0 spiro atoms. The van der Waals surface area contributed by atoms with E-state index in [-0.39, 0.29) is 0 Å². The molecule has 0 amide bonds. The number of ether oxygens (including phenoxy) is 1. The van der Waals surface area contributed by atoms with E-state index < -0.39 is 11.5 Å². The van der Waals surface area contributed by atoms with Crippen molar-refractivity contribution in [3.8, 4) is 0 Å². The third kappa shape index (κ3) is 1.48. The van der Waals surface area contributed by atoms with Gasteiger partial charge in [-0.1, -0.05) is 6.07 Å². The van der Waals surface area contributed by atoms with E-state index in [9.17, 15) is 9.18 Å². The average Bonchev–Trinajstić information content (AvgIpc) is 2.72. The van der Waals surface area contributed by atoms with Crippen LogP contribution in [0.4, 0.5) is 4.39 Å². The zero-order valence-corrected chi connectivity index (χ0v) is 8.48. The third-order valence-corrected chi connectivity index (χ3v) is 3.79. The molecule has 0 bridgehead atoms. The van der Waals surface area contributed by atoms with E-state index >= 15 is 0 Å². The van der Waals surface area contributed by atoms with Gasteiger partial charge in [-0.05, 0) is 24.3 Å². The zero-order chi connectivity index (χ0) is 10.0. The number of carbonyl (C=O) groups is 1. The van der Waals surface area contributed by atoms with E-state index in [1.54, 1.807) is 0 Å². The van der Waals surface area contributed by atoms with Crippen LogP contribution >= 0.6 is 11.3 Å². The summed E-state index contributed by atoms with van der Waals surface area (Å²) in [4.78, 5) is 11.9. The van der Waals surface area contributed by atoms with E-state index in [1.165, 1.54) is 11.3 Å². The van der Waals surface area contributed by atoms with Gasteiger partial charge in [0.15, 0.2) is 0 Å². The Balaban J connectivity index is 2.35. The van der Waals surface area contributed by atoms with Crippen molar-refractivity contribution in [1.82, 2.24) is 0 Å². The standard InChI is InChI=1S/C10H11FO2S/c11-9(12)10(3-5-13-6-4-10)8-2-1-7-14-8/h1-2,7H,3-6H2. The first-order valence-corrected chi connectivity index (χ1v) is 5.45. The SMILES string of the molecule is O=C(F)C1(c2cccs2)CCOCC1. The minimum Gasteiger partial charge on any atom is -0.381 e. The Hall–Kier alpha value is -0.740. The molecule has 0 N–H and O–H groups in total. The fourth-order valence-corrected chi connectivity index (χ4v) is 2.78. The van der Waals surface area contributed by atoms with Crippen molar-refractivity contribution in [2.45, 2.75) is 18.3 Å². The number of halogens is 1. The summed E-state index contributed by atoms with van der Waals surface area (Å²) in [6.07, 6.45) is 0.922. The highest BCUT2D eigenvalue weighted by atomic mass is 32.1. The predicted octanol–water partition coefficient (Wildman–Crippen LogP) is 2.29. The Morgan fingerprint density at radius 2 is 2.21 bits per heavy atom. The second-order valence-electron chi connectivity index (χ2n) is 3.45. The lowest BCUT2D eigenvalue weighted by molar-refractivity contribution is -0.139. The predicted molar refractivity (Wildman–Crippen MR) is 52.2 cm³/mol. The van der Waals surface area contributed by atoms with E-state index in [0.717, 1.165) is 4.88 Å². The largest absolute Gasteiger partial charge is 0.381 e. The van der Waals surface area contributed by atoms with Crippen LogP contribution in [0.2, 0.25) is 0 Å². The molecule has 1 aliphatic rings. The summed E-state index contributed by atoms with van der Waals surface area (Å²) in [5, 5.41) is 1.87. The van der Waals surface area contributed by atoms with Gasteiger partial charge in [-0.15, -0.1) is 11.3 Å². The molecule has 1 aliphatic heterocycles. The van der Waals surface area contributed by atoms with Crippen LogP contribution in [0.25, 0.3) is 0 Å². The van der Waals surface area contributed by atoms with E-state index in [0.29, 0.717) is 26.1 Å².